The molecule has 0 atom stereocenters. The van der Waals surface area contributed by atoms with Crippen LogP contribution in [0, 0.1) is 0 Å². The van der Waals surface area contributed by atoms with Gasteiger partial charge in [0.25, 0.3) is 0 Å². The molecule has 0 saturated heterocycles. The number of hydrogen-bond donors (Lipinski definition) is 1. The maximum absolute atomic E-state index is 4.93. The van der Waals surface area contributed by atoms with Crippen molar-refractivity contribution in [2.45, 2.75) is 77.3 Å². The highest BCUT2D eigenvalue weighted by molar-refractivity contribution is 5.79. The molecule has 0 spiro atoms. The maximum atomic E-state index is 4.93. The molecular weight excluding hydrogens is 320 g/mol. The highest BCUT2D eigenvalue weighted by atomic mass is 15.2. The predicted octanol–water partition coefficient (Wildman–Crippen LogP) is 3.87. The SMILES string of the molecule is CC(C)(C)c1cn2c3ccccc3nc2n1CCC[NH2+]C1CCCCC1. The molecule has 3 aromatic rings. The minimum Gasteiger partial charge on any atom is -0.344 e. The van der Waals surface area contributed by atoms with E-state index in [1.807, 2.05) is 0 Å². The number of nitrogens with zero attached hydrogens (tertiary/aromatic N) is 3. The lowest BCUT2D eigenvalue weighted by Gasteiger charge is -2.22. The molecule has 140 valence electrons. The number of benzene rings is 1. The summed E-state index contributed by atoms with van der Waals surface area (Å²) in [6.07, 6.45) is 10.6. The maximum Gasteiger partial charge on any atom is 0.215 e. The molecule has 2 N–H and O–H groups in total. The molecule has 26 heavy (non-hydrogen) atoms. The van der Waals surface area contributed by atoms with Gasteiger partial charge in [-0.2, -0.15) is 0 Å². The Morgan fingerprint density at radius 3 is 2.65 bits per heavy atom. The summed E-state index contributed by atoms with van der Waals surface area (Å²) in [6.45, 7) is 9.17. The second-order valence-electron chi connectivity index (χ2n) is 8.96. The van der Waals surface area contributed by atoms with Crippen LogP contribution in [0.2, 0.25) is 0 Å². The first-order chi connectivity index (χ1) is 12.5. The third-order valence-corrected chi connectivity index (χ3v) is 5.86. The fourth-order valence-electron chi connectivity index (χ4n) is 4.44. The van der Waals surface area contributed by atoms with Gasteiger partial charge in [-0.25, -0.2) is 4.98 Å². The van der Waals surface area contributed by atoms with Crippen molar-refractivity contribution in [3.8, 4) is 0 Å². The number of fused-ring (bicyclic) bond motifs is 3. The predicted molar refractivity (Wildman–Crippen MR) is 108 cm³/mol. The van der Waals surface area contributed by atoms with Crippen LogP contribution in [-0.2, 0) is 12.0 Å². The Morgan fingerprint density at radius 1 is 1.12 bits per heavy atom. The Bertz CT molecular complexity index is 875. The van der Waals surface area contributed by atoms with Gasteiger partial charge in [0.2, 0.25) is 5.78 Å². The molecule has 2 heterocycles. The molecule has 2 aromatic heterocycles. The molecule has 0 amide bonds. The van der Waals surface area contributed by atoms with Crippen LogP contribution in [0.3, 0.4) is 0 Å². The largest absolute Gasteiger partial charge is 0.344 e. The lowest BCUT2D eigenvalue weighted by atomic mass is 9.92. The minimum absolute atomic E-state index is 0.120. The molecule has 1 aliphatic carbocycles. The van der Waals surface area contributed by atoms with E-state index >= 15 is 0 Å². The second kappa shape index (κ2) is 7.07. The minimum atomic E-state index is 0.120. The van der Waals surface area contributed by atoms with Crippen molar-refractivity contribution in [1.82, 2.24) is 14.0 Å². The molecule has 0 unspecified atom stereocenters. The lowest BCUT2D eigenvalue weighted by molar-refractivity contribution is -0.692. The summed E-state index contributed by atoms with van der Waals surface area (Å²) in [4.78, 5) is 4.93. The molecule has 1 fully saturated rings. The molecule has 4 nitrogen and oxygen atoms in total. The molecule has 1 aliphatic rings. The van der Waals surface area contributed by atoms with E-state index in [4.69, 9.17) is 4.98 Å². The molecule has 0 radical (unpaired) electrons. The van der Waals surface area contributed by atoms with E-state index < -0.39 is 0 Å². The number of para-hydroxylation sites is 2. The van der Waals surface area contributed by atoms with Crippen molar-refractivity contribution in [3.63, 3.8) is 0 Å². The van der Waals surface area contributed by atoms with Crippen LogP contribution in [0.5, 0.6) is 0 Å². The van der Waals surface area contributed by atoms with Crippen LogP contribution in [0.4, 0.5) is 0 Å². The number of rotatable bonds is 5. The van der Waals surface area contributed by atoms with Gasteiger partial charge >= 0.3 is 0 Å². The monoisotopic (exact) mass is 353 g/mol. The van der Waals surface area contributed by atoms with Crippen LogP contribution in [0.15, 0.2) is 30.5 Å². The molecule has 0 bridgehead atoms. The van der Waals surface area contributed by atoms with E-state index in [0.29, 0.717) is 0 Å². The highest BCUT2D eigenvalue weighted by Gasteiger charge is 2.23. The fraction of sp³-hybridized carbons (Fsp3) is 0.591. The number of aryl methyl sites for hydroxylation is 1. The van der Waals surface area contributed by atoms with Crippen molar-refractivity contribution in [1.29, 1.82) is 0 Å². The van der Waals surface area contributed by atoms with Gasteiger partial charge in [0.15, 0.2) is 0 Å². The Balaban J connectivity index is 1.55. The third-order valence-electron chi connectivity index (χ3n) is 5.86. The summed E-state index contributed by atoms with van der Waals surface area (Å²) in [5.41, 5.74) is 3.80. The van der Waals surface area contributed by atoms with Gasteiger partial charge in [-0.05, 0) is 37.8 Å². The van der Waals surface area contributed by atoms with E-state index in [2.05, 4.69) is 65.5 Å². The summed E-state index contributed by atoms with van der Waals surface area (Å²) >= 11 is 0. The first-order valence-electron chi connectivity index (χ1n) is 10.3. The van der Waals surface area contributed by atoms with E-state index in [1.165, 1.54) is 56.3 Å². The molecule has 1 saturated carbocycles. The quantitative estimate of drug-likeness (QED) is 0.695. The summed E-state index contributed by atoms with van der Waals surface area (Å²) in [5, 5.41) is 2.60. The Morgan fingerprint density at radius 2 is 1.88 bits per heavy atom. The summed E-state index contributed by atoms with van der Waals surface area (Å²) < 4.78 is 4.73. The normalized spacial score (nSPS) is 16.7. The molecular formula is C22H33N4+. The highest BCUT2D eigenvalue weighted by Crippen LogP contribution is 2.28. The summed E-state index contributed by atoms with van der Waals surface area (Å²) in [5.74, 6) is 1.09. The smallest absolute Gasteiger partial charge is 0.215 e. The number of hydrogen-bond acceptors (Lipinski definition) is 1. The van der Waals surface area contributed by atoms with Gasteiger partial charge in [0, 0.05) is 30.3 Å². The molecule has 1 aromatic carbocycles. The van der Waals surface area contributed by atoms with E-state index in [0.717, 1.165) is 23.9 Å². The number of imidazole rings is 2. The van der Waals surface area contributed by atoms with Gasteiger partial charge in [0.1, 0.15) is 0 Å². The summed E-state index contributed by atoms with van der Waals surface area (Å²) in [7, 11) is 0. The van der Waals surface area contributed by atoms with E-state index in [9.17, 15) is 0 Å². The van der Waals surface area contributed by atoms with Crippen LogP contribution in [0.1, 0.15) is 65.0 Å². The van der Waals surface area contributed by atoms with Crippen molar-refractivity contribution in [3.05, 3.63) is 36.2 Å². The van der Waals surface area contributed by atoms with Crippen molar-refractivity contribution in [2.24, 2.45) is 0 Å². The standard InChI is InChI=1S/C22H32N4/c1-22(2,3)20-16-26-19-13-8-7-12-18(19)24-21(26)25(20)15-9-14-23-17-10-5-4-6-11-17/h7-8,12-13,16-17,23H,4-6,9-11,14-15H2,1-3H3/p+1. The zero-order valence-electron chi connectivity index (χ0n) is 16.5. The number of quaternary nitrogens is 1. The van der Waals surface area contributed by atoms with Gasteiger partial charge in [-0.15, -0.1) is 0 Å². The zero-order valence-corrected chi connectivity index (χ0v) is 16.5. The van der Waals surface area contributed by atoms with Crippen molar-refractivity contribution in [2.75, 3.05) is 6.54 Å². The Labute approximate surface area is 156 Å². The van der Waals surface area contributed by atoms with Gasteiger partial charge in [0.05, 0.1) is 23.6 Å². The van der Waals surface area contributed by atoms with Crippen LogP contribution < -0.4 is 5.32 Å². The van der Waals surface area contributed by atoms with Gasteiger partial charge in [-0.1, -0.05) is 39.3 Å². The van der Waals surface area contributed by atoms with Crippen molar-refractivity contribution < 1.29 is 5.32 Å². The van der Waals surface area contributed by atoms with Crippen molar-refractivity contribution >= 4 is 16.8 Å². The van der Waals surface area contributed by atoms with Crippen LogP contribution in [0.25, 0.3) is 16.8 Å². The Kier molecular flexibility index (Phi) is 4.78. The van der Waals surface area contributed by atoms with E-state index in [-0.39, 0.29) is 5.41 Å². The lowest BCUT2D eigenvalue weighted by Crippen LogP contribution is -2.90. The van der Waals surface area contributed by atoms with E-state index in [1.54, 1.807) is 0 Å². The number of aromatic nitrogens is 3. The fourth-order valence-corrected chi connectivity index (χ4v) is 4.44. The first-order valence-corrected chi connectivity index (χ1v) is 10.3. The average molecular weight is 354 g/mol. The molecule has 4 heteroatoms. The average Bonchev–Trinajstić information content (AvgIpc) is 3.16. The van der Waals surface area contributed by atoms with Crippen LogP contribution in [-0.4, -0.2) is 26.5 Å². The molecule has 4 rings (SSSR count). The number of nitrogens with two attached hydrogens (primary N) is 1. The van der Waals surface area contributed by atoms with Gasteiger partial charge in [-0.3, -0.25) is 4.40 Å². The van der Waals surface area contributed by atoms with Gasteiger partial charge < -0.3 is 9.88 Å². The molecule has 0 aliphatic heterocycles. The second-order valence-corrected chi connectivity index (χ2v) is 8.96. The van der Waals surface area contributed by atoms with Crippen LogP contribution >= 0.6 is 0 Å². The first kappa shape index (κ1) is 17.6. The Hall–Kier alpha value is -1.81. The third kappa shape index (κ3) is 3.39. The summed E-state index contributed by atoms with van der Waals surface area (Å²) in [6, 6.07) is 9.32. The topological polar surface area (TPSA) is 38.8 Å². The zero-order chi connectivity index (χ0) is 18.1.